The summed E-state index contributed by atoms with van der Waals surface area (Å²) in [6.45, 7) is 13.8. The van der Waals surface area contributed by atoms with Crippen LogP contribution in [0.25, 0.3) is 16.0 Å². The summed E-state index contributed by atoms with van der Waals surface area (Å²) in [6.07, 6.45) is 2.51. The van der Waals surface area contributed by atoms with Crippen LogP contribution in [0.15, 0.2) is 66.3 Å². The number of thiocarbonyl (C=S) groups is 1. The summed E-state index contributed by atoms with van der Waals surface area (Å²) >= 11 is 7.23. The van der Waals surface area contributed by atoms with Gasteiger partial charge in [0.05, 0.1) is 56.5 Å². The largest absolute Gasteiger partial charge is 0.420 e. The molecule has 2 aromatic heterocycles. The van der Waals surface area contributed by atoms with Crippen molar-refractivity contribution in [2.45, 2.75) is 104 Å². The molecule has 2 aliphatic rings. The van der Waals surface area contributed by atoms with Gasteiger partial charge in [-0.1, -0.05) is 51.1 Å². The van der Waals surface area contributed by atoms with Crippen molar-refractivity contribution in [3.63, 3.8) is 0 Å². The van der Waals surface area contributed by atoms with Gasteiger partial charge in [-0.15, -0.1) is 11.3 Å². The standard InChI is InChI=1S/C52H61F4N9O5S2/c1-33-45(72-32-60-33)36-14-12-34(13-15-36)28-59-47(68)41-11-10-23-64(41)48(69)46(50(2,3)4)61-42(67)30-70-26-9-8-22-63-24-20-35(21-25-63)39-18-17-38(29-58-39)65(51(5,6)31-66)49(71)62(7)40-19-16-37(27-57)43(44(40)53)52(54,55)56/h12-20,29,31-32,41,46H,8-11,21-26,28,30H2,1-7H3,(H,59,68)(H,61,67)/t41-,46?/m0/s1. The molecule has 2 aromatic carbocycles. The van der Waals surface area contributed by atoms with E-state index in [0.29, 0.717) is 69.6 Å². The Bertz CT molecular complexity index is 2680. The number of hydrogen-bond acceptors (Lipinski definition) is 11. The number of thiazole rings is 1. The van der Waals surface area contributed by atoms with Crippen molar-refractivity contribution in [1.29, 1.82) is 5.26 Å². The zero-order valence-electron chi connectivity index (χ0n) is 41.6. The zero-order valence-corrected chi connectivity index (χ0v) is 43.2. The Kier molecular flexibility index (Phi) is 18.1. The van der Waals surface area contributed by atoms with Crippen molar-refractivity contribution >= 4 is 69.6 Å². The fraction of sp³-hybridized carbons (Fsp3) is 0.462. The number of aldehydes is 1. The molecule has 0 spiro atoms. The number of nitrogens with one attached hydrogen (secondary N) is 2. The first kappa shape index (κ1) is 55.2. The number of likely N-dealkylation sites (tertiary alicyclic amines) is 1. The van der Waals surface area contributed by atoms with Crippen LogP contribution in [0.2, 0.25) is 0 Å². The van der Waals surface area contributed by atoms with Crippen LogP contribution < -0.4 is 20.4 Å². The maximum absolute atomic E-state index is 15.4. The van der Waals surface area contributed by atoms with Crippen LogP contribution in [0, 0.1) is 29.5 Å². The lowest BCUT2D eigenvalue weighted by Crippen LogP contribution is -2.58. The number of nitrogens with zero attached hydrogens (tertiary/aromatic N) is 7. The van der Waals surface area contributed by atoms with Crippen LogP contribution >= 0.6 is 23.6 Å². The van der Waals surface area contributed by atoms with Gasteiger partial charge >= 0.3 is 6.18 Å². The predicted octanol–water partition coefficient (Wildman–Crippen LogP) is 8.47. The molecule has 0 aliphatic carbocycles. The van der Waals surface area contributed by atoms with E-state index in [1.165, 1.54) is 24.2 Å². The second kappa shape index (κ2) is 23.6. The number of benzene rings is 2. The molecule has 20 heteroatoms. The fourth-order valence-electron chi connectivity index (χ4n) is 8.73. The molecule has 1 fully saturated rings. The molecule has 384 valence electrons. The second-order valence-electron chi connectivity index (χ2n) is 19.6. The van der Waals surface area contributed by atoms with Crippen molar-refractivity contribution in [3.8, 4) is 16.5 Å². The number of unbranched alkanes of at least 4 members (excludes halogenated alkanes) is 1. The number of nitriles is 1. The highest BCUT2D eigenvalue weighted by Gasteiger charge is 2.43. The molecule has 4 aromatic rings. The summed E-state index contributed by atoms with van der Waals surface area (Å²) in [5.74, 6) is -2.60. The smallest absolute Gasteiger partial charge is 0.372 e. The molecule has 1 saturated heterocycles. The monoisotopic (exact) mass is 1030 g/mol. The third kappa shape index (κ3) is 13.3. The molecule has 6 rings (SSSR count). The molecular formula is C52H61F4N9O5S2. The van der Waals surface area contributed by atoms with Gasteiger partial charge in [0.2, 0.25) is 17.7 Å². The van der Waals surface area contributed by atoms with Crippen molar-refractivity contribution in [1.82, 2.24) is 30.4 Å². The highest BCUT2D eigenvalue weighted by atomic mass is 32.1. The van der Waals surface area contributed by atoms with Crippen molar-refractivity contribution < 1.29 is 41.5 Å². The van der Waals surface area contributed by atoms with Gasteiger partial charge in [-0.25, -0.2) is 9.37 Å². The molecule has 72 heavy (non-hydrogen) atoms. The van der Waals surface area contributed by atoms with E-state index < -0.39 is 57.8 Å². The number of pyridine rings is 1. The Morgan fingerprint density at radius 3 is 2.38 bits per heavy atom. The molecule has 1 unspecified atom stereocenters. The van der Waals surface area contributed by atoms with Gasteiger partial charge in [0.25, 0.3) is 0 Å². The van der Waals surface area contributed by atoms with Gasteiger partial charge in [-0.2, -0.15) is 18.4 Å². The predicted molar refractivity (Wildman–Crippen MR) is 273 cm³/mol. The third-order valence-electron chi connectivity index (χ3n) is 12.8. The number of rotatable bonds is 18. The minimum atomic E-state index is -5.14. The summed E-state index contributed by atoms with van der Waals surface area (Å²) in [4.78, 5) is 69.2. The van der Waals surface area contributed by atoms with Gasteiger partial charge in [-0.05, 0) is 118 Å². The Morgan fingerprint density at radius 2 is 1.78 bits per heavy atom. The summed E-state index contributed by atoms with van der Waals surface area (Å²) < 4.78 is 62.5. The molecule has 3 amide bonds. The molecule has 0 radical (unpaired) electrons. The Hall–Kier alpha value is -6.14. The number of ether oxygens (including phenoxy) is 1. The summed E-state index contributed by atoms with van der Waals surface area (Å²) in [7, 11) is 1.28. The number of hydrogen-bond donors (Lipinski definition) is 2. The van der Waals surface area contributed by atoms with E-state index in [4.69, 9.17) is 17.0 Å². The Labute approximate surface area is 427 Å². The van der Waals surface area contributed by atoms with Gasteiger partial charge in [0.1, 0.15) is 30.5 Å². The van der Waals surface area contributed by atoms with Crippen molar-refractivity contribution in [3.05, 3.63) is 100 Å². The molecule has 2 atom stereocenters. The molecule has 0 bridgehead atoms. The summed E-state index contributed by atoms with van der Waals surface area (Å²) in [5, 5.41) is 14.9. The van der Waals surface area contributed by atoms with Crippen molar-refractivity contribution in [2.75, 3.05) is 56.2 Å². The summed E-state index contributed by atoms with van der Waals surface area (Å²) in [5.41, 5.74) is 1.80. The lowest BCUT2D eigenvalue weighted by Gasteiger charge is -2.39. The van der Waals surface area contributed by atoms with E-state index >= 15 is 4.39 Å². The average molecular weight is 1030 g/mol. The number of alkyl halides is 3. The number of anilines is 2. The highest BCUT2D eigenvalue weighted by molar-refractivity contribution is 7.80. The van der Waals surface area contributed by atoms with Gasteiger partial charge < -0.3 is 34.9 Å². The minimum absolute atomic E-state index is 0.173. The van der Waals surface area contributed by atoms with Gasteiger partial charge in [0, 0.05) is 39.8 Å². The first-order valence-electron chi connectivity index (χ1n) is 23.7. The first-order valence-corrected chi connectivity index (χ1v) is 25.0. The fourth-order valence-corrected chi connectivity index (χ4v) is 9.98. The van der Waals surface area contributed by atoms with E-state index in [9.17, 15) is 37.6 Å². The quantitative estimate of drug-likeness (QED) is 0.0424. The average Bonchev–Trinajstić information content (AvgIpc) is 4.02. The number of carbonyl (C=O) groups excluding carboxylic acids is 4. The molecule has 14 nitrogen and oxygen atoms in total. The number of carbonyl (C=O) groups is 4. The van der Waals surface area contributed by atoms with Gasteiger partial charge in [0.15, 0.2) is 10.9 Å². The summed E-state index contributed by atoms with van der Waals surface area (Å²) in [6, 6.07) is 13.2. The van der Waals surface area contributed by atoms with Crippen LogP contribution in [-0.4, -0.2) is 113 Å². The maximum atomic E-state index is 15.4. The van der Waals surface area contributed by atoms with Crippen LogP contribution in [-0.2, 0) is 36.6 Å². The second-order valence-corrected chi connectivity index (χ2v) is 20.8. The number of aromatic nitrogens is 2. The lowest BCUT2D eigenvalue weighted by atomic mass is 9.85. The normalized spacial score (nSPS) is 15.8. The Morgan fingerprint density at radius 1 is 1.04 bits per heavy atom. The third-order valence-corrected chi connectivity index (χ3v) is 14.2. The number of amides is 3. The van der Waals surface area contributed by atoms with Crippen LogP contribution in [0.5, 0.6) is 0 Å². The Balaban J connectivity index is 0.943. The highest BCUT2D eigenvalue weighted by Crippen LogP contribution is 2.39. The van der Waals surface area contributed by atoms with Crippen LogP contribution in [0.4, 0.5) is 28.9 Å². The maximum Gasteiger partial charge on any atom is 0.420 e. The van der Waals surface area contributed by atoms with E-state index in [-0.39, 0.29) is 23.5 Å². The number of aryl methyl sites for hydroxylation is 1. The molecule has 2 N–H and O–H groups in total. The van der Waals surface area contributed by atoms with E-state index in [1.54, 1.807) is 42.2 Å². The molecular weight excluding hydrogens is 971 g/mol. The molecule has 4 heterocycles. The lowest BCUT2D eigenvalue weighted by molar-refractivity contribution is -0.144. The topological polar surface area (TPSA) is 164 Å². The zero-order chi connectivity index (χ0) is 52.5. The van der Waals surface area contributed by atoms with Crippen LogP contribution in [0.3, 0.4) is 0 Å². The van der Waals surface area contributed by atoms with E-state index in [1.807, 2.05) is 57.5 Å². The van der Waals surface area contributed by atoms with Crippen molar-refractivity contribution in [2.24, 2.45) is 5.41 Å². The van der Waals surface area contributed by atoms with Gasteiger partial charge in [-0.3, -0.25) is 24.3 Å². The van der Waals surface area contributed by atoms with Crippen LogP contribution in [0.1, 0.15) is 94.8 Å². The minimum Gasteiger partial charge on any atom is -0.372 e. The van der Waals surface area contributed by atoms with E-state index in [0.717, 1.165) is 63.8 Å². The number of halogens is 4. The molecule has 2 aliphatic heterocycles. The first-order chi connectivity index (χ1) is 34.0. The van der Waals surface area contributed by atoms with E-state index in [2.05, 4.69) is 31.6 Å². The molecule has 0 saturated carbocycles. The SMILES string of the molecule is Cc1ncsc1-c1ccc(CNC(=O)[C@@H]2CCCN2C(=O)C(NC(=O)COCCCCN2CC=C(c3ccc(N(C(=S)N(C)c4ccc(C#N)c(C(F)(F)F)c4F)C(C)(C)C=O)cn3)CC2)C(C)(C)C)cc1.